The summed E-state index contributed by atoms with van der Waals surface area (Å²) in [6.07, 6.45) is -0.739. The Kier molecular flexibility index (Phi) is 3.55. The highest BCUT2D eigenvalue weighted by molar-refractivity contribution is 5.54. The van der Waals surface area contributed by atoms with E-state index in [0.29, 0.717) is 11.5 Å². The minimum absolute atomic E-state index is 0.0426. The molecule has 1 aromatic carbocycles. The van der Waals surface area contributed by atoms with Crippen LogP contribution in [-0.2, 0) is 6.18 Å². The summed E-state index contributed by atoms with van der Waals surface area (Å²) in [5.41, 5.74) is 5.83. The van der Waals surface area contributed by atoms with Crippen molar-refractivity contribution in [2.24, 2.45) is 5.92 Å². The summed E-state index contributed by atoms with van der Waals surface area (Å²) in [6.45, 7) is 2.15. The minimum atomic E-state index is -4.31. The SMILES string of the molecule is CC1CCC(c2c(N)cccc2C(F)(F)F)CC1. The lowest BCUT2D eigenvalue weighted by Gasteiger charge is -2.29. The van der Waals surface area contributed by atoms with E-state index in [1.807, 2.05) is 0 Å². The normalized spacial score (nSPS) is 25.1. The summed E-state index contributed by atoms with van der Waals surface area (Å²) in [5.74, 6) is 0.569. The molecular formula is C14H18F3N. The Morgan fingerprint density at radius 3 is 2.28 bits per heavy atom. The van der Waals surface area contributed by atoms with E-state index in [9.17, 15) is 13.2 Å². The van der Waals surface area contributed by atoms with Crippen LogP contribution in [0, 0.1) is 5.92 Å². The third kappa shape index (κ3) is 2.62. The molecular weight excluding hydrogens is 239 g/mol. The third-order valence-corrected chi connectivity index (χ3v) is 3.87. The lowest BCUT2D eigenvalue weighted by Crippen LogP contribution is -2.18. The van der Waals surface area contributed by atoms with Crippen molar-refractivity contribution in [1.82, 2.24) is 0 Å². The zero-order chi connectivity index (χ0) is 13.3. The molecule has 100 valence electrons. The molecule has 1 aliphatic rings. The highest BCUT2D eigenvalue weighted by Crippen LogP contribution is 2.44. The topological polar surface area (TPSA) is 26.0 Å². The molecule has 4 heteroatoms. The van der Waals surface area contributed by atoms with Crippen LogP contribution in [0.15, 0.2) is 18.2 Å². The highest BCUT2D eigenvalue weighted by Gasteiger charge is 2.36. The zero-order valence-electron chi connectivity index (χ0n) is 10.4. The summed E-state index contributed by atoms with van der Waals surface area (Å²) < 4.78 is 39.0. The molecule has 1 nitrogen and oxygen atoms in total. The van der Waals surface area contributed by atoms with Gasteiger partial charge in [0.05, 0.1) is 5.56 Å². The lowest BCUT2D eigenvalue weighted by atomic mass is 9.77. The van der Waals surface area contributed by atoms with Crippen molar-refractivity contribution in [3.8, 4) is 0 Å². The number of halogens is 3. The molecule has 0 bridgehead atoms. The second kappa shape index (κ2) is 4.82. The number of rotatable bonds is 1. The fourth-order valence-corrected chi connectivity index (χ4v) is 2.83. The van der Waals surface area contributed by atoms with Gasteiger partial charge in [-0.25, -0.2) is 0 Å². The van der Waals surface area contributed by atoms with Crippen molar-refractivity contribution < 1.29 is 13.2 Å². The van der Waals surface area contributed by atoms with Gasteiger partial charge in [0, 0.05) is 5.69 Å². The maximum Gasteiger partial charge on any atom is 0.416 e. The van der Waals surface area contributed by atoms with Gasteiger partial charge < -0.3 is 5.73 Å². The van der Waals surface area contributed by atoms with Gasteiger partial charge in [0.1, 0.15) is 0 Å². The van der Waals surface area contributed by atoms with E-state index >= 15 is 0 Å². The van der Waals surface area contributed by atoms with E-state index in [2.05, 4.69) is 6.92 Å². The van der Waals surface area contributed by atoms with Gasteiger partial charge in [-0.05, 0) is 42.4 Å². The van der Waals surface area contributed by atoms with E-state index in [1.54, 1.807) is 6.07 Å². The van der Waals surface area contributed by atoms with E-state index in [4.69, 9.17) is 5.73 Å². The summed E-state index contributed by atoms with van der Waals surface area (Å²) >= 11 is 0. The van der Waals surface area contributed by atoms with Gasteiger partial charge in [0.25, 0.3) is 0 Å². The number of hydrogen-bond donors (Lipinski definition) is 1. The van der Waals surface area contributed by atoms with Gasteiger partial charge in [-0.1, -0.05) is 25.8 Å². The number of nitrogen functional groups attached to an aromatic ring is 1. The molecule has 0 amide bonds. The second-order valence-corrected chi connectivity index (χ2v) is 5.26. The Labute approximate surface area is 105 Å². The lowest BCUT2D eigenvalue weighted by molar-refractivity contribution is -0.138. The molecule has 1 saturated carbocycles. The van der Waals surface area contributed by atoms with Gasteiger partial charge in [-0.15, -0.1) is 0 Å². The minimum Gasteiger partial charge on any atom is -0.398 e. The fraction of sp³-hybridized carbons (Fsp3) is 0.571. The van der Waals surface area contributed by atoms with Crippen LogP contribution in [-0.4, -0.2) is 0 Å². The van der Waals surface area contributed by atoms with Crippen LogP contribution in [0.5, 0.6) is 0 Å². The molecule has 0 saturated heterocycles. The van der Waals surface area contributed by atoms with E-state index < -0.39 is 11.7 Å². The smallest absolute Gasteiger partial charge is 0.398 e. The van der Waals surface area contributed by atoms with Crippen molar-refractivity contribution in [3.63, 3.8) is 0 Å². The first-order valence-electron chi connectivity index (χ1n) is 6.35. The maximum atomic E-state index is 13.0. The Morgan fingerprint density at radius 2 is 1.72 bits per heavy atom. The monoisotopic (exact) mass is 257 g/mol. The van der Waals surface area contributed by atoms with Crippen LogP contribution >= 0.6 is 0 Å². The standard InChI is InChI=1S/C14H18F3N/c1-9-5-7-10(8-6-9)13-11(14(15,16)17)3-2-4-12(13)18/h2-4,9-10H,5-8,18H2,1H3. The summed E-state index contributed by atoms with van der Waals surface area (Å²) in [5, 5.41) is 0. The summed E-state index contributed by atoms with van der Waals surface area (Å²) in [6, 6.07) is 4.10. The first-order chi connectivity index (χ1) is 8.39. The molecule has 1 aliphatic carbocycles. The van der Waals surface area contributed by atoms with Crippen molar-refractivity contribution in [2.75, 3.05) is 5.73 Å². The maximum absolute atomic E-state index is 13.0. The van der Waals surface area contributed by atoms with Crippen LogP contribution in [0.3, 0.4) is 0 Å². The molecule has 0 aromatic heterocycles. The summed E-state index contributed by atoms with van der Waals surface area (Å²) in [7, 11) is 0. The molecule has 1 aromatic rings. The highest BCUT2D eigenvalue weighted by atomic mass is 19.4. The van der Waals surface area contributed by atoms with E-state index in [1.165, 1.54) is 6.07 Å². The van der Waals surface area contributed by atoms with Crippen molar-refractivity contribution in [3.05, 3.63) is 29.3 Å². The number of nitrogens with two attached hydrogens (primary N) is 1. The fourth-order valence-electron chi connectivity index (χ4n) is 2.83. The third-order valence-electron chi connectivity index (χ3n) is 3.87. The molecule has 2 rings (SSSR count). The van der Waals surface area contributed by atoms with Crippen LogP contribution in [0.1, 0.15) is 49.7 Å². The van der Waals surface area contributed by atoms with Crippen molar-refractivity contribution in [2.45, 2.75) is 44.7 Å². The van der Waals surface area contributed by atoms with Gasteiger partial charge in [-0.3, -0.25) is 0 Å². The zero-order valence-corrected chi connectivity index (χ0v) is 10.4. The Hall–Kier alpha value is -1.19. The summed E-state index contributed by atoms with van der Waals surface area (Å²) in [4.78, 5) is 0. The van der Waals surface area contributed by atoms with Crippen LogP contribution < -0.4 is 5.73 Å². The van der Waals surface area contributed by atoms with Crippen LogP contribution in [0.25, 0.3) is 0 Å². The number of alkyl halides is 3. The van der Waals surface area contributed by atoms with Gasteiger partial charge in [0.2, 0.25) is 0 Å². The molecule has 1 fully saturated rings. The molecule has 2 N–H and O–H groups in total. The predicted molar refractivity (Wildman–Crippen MR) is 66.2 cm³/mol. The molecule has 0 unspecified atom stereocenters. The van der Waals surface area contributed by atoms with E-state index in [-0.39, 0.29) is 11.6 Å². The second-order valence-electron chi connectivity index (χ2n) is 5.26. The first-order valence-corrected chi connectivity index (χ1v) is 6.35. The van der Waals surface area contributed by atoms with Crippen LogP contribution in [0.2, 0.25) is 0 Å². The van der Waals surface area contributed by atoms with Gasteiger partial charge in [-0.2, -0.15) is 13.2 Å². The number of anilines is 1. The van der Waals surface area contributed by atoms with Gasteiger partial charge >= 0.3 is 6.18 Å². The molecule has 0 heterocycles. The number of hydrogen-bond acceptors (Lipinski definition) is 1. The predicted octanol–water partition coefficient (Wildman–Crippen LogP) is 4.58. The molecule has 0 spiro atoms. The van der Waals surface area contributed by atoms with Crippen molar-refractivity contribution in [1.29, 1.82) is 0 Å². The Bertz CT molecular complexity index is 418. The number of benzene rings is 1. The first kappa shape index (κ1) is 13.2. The van der Waals surface area contributed by atoms with Crippen molar-refractivity contribution >= 4 is 5.69 Å². The largest absolute Gasteiger partial charge is 0.416 e. The van der Waals surface area contributed by atoms with Crippen LogP contribution in [0.4, 0.5) is 18.9 Å². The van der Waals surface area contributed by atoms with E-state index in [0.717, 1.165) is 31.7 Å². The Morgan fingerprint density at radius 1 is 1.11 bits per heavy atom. The molecule has 0 aliphatic heterocycles. The molecule has 18 heavy (non-hydrogen) atoms. The molecule has 0 atom stereocenters. The average Bonchev–Trinajstić information content (AvgIpc) is 2.29. The molecule has 0 radical (unpaired) electrons. The Balaban J connectivity index is 2.37. The average molecular weight is 257 g/mol. The quantitative estimate of drug-likeness (QED) is 0.732. The van der Waals surface area contributed by atoms with Gasteiger partial charge in [0.15, 0.2) is 0 Å².